The summed E-state index contributed by atoms with van der Waals surface area (Å²) in [5.41, 5.74) is 8.13. The number of nitrogen functional groups attached to an aromatic ring is 1. The average Bonchev–Trinajstić information content (AvgIpc) is 2.80. The first-order chi connectivity index (χ1) is 8.22. The molecule has 0 aliphatic carbocycles. The number of hydrogen-bond acceptors (Lipinski definition) is 4. The van der Waals surface area contributed by atoms with Crippen LogP contribution < -0.4 is 5.73 Å². The maximum Gasteiger partial charge on any atom is 0.0998 e. The predicted octanol–water partition coefficient (Wildman–Crippen LogP) is 1.16. The molecule has 0 saturated carbocycles. The molecule has 0 aromatic carbocycles. The Morgan fingerprint density at radius 2 is 2.24 bits per heavy atom. The third-order valence-corrected chi connectivity index (χ3v) is 2.74. The molecule has 17 heavy (non-hydrogen) atoms. The molecule has 5 nitrogen and oxygen atoms in total. The van der Waals surface area contributed by atoms with Gasteiger partial charge in [0.2, 0.25) is 0 Å². The molecule has 0 amide bonds. The Balaban J connectivity index is 2.17. The predicted molar refractivity (Wildman–Crippen MR) is 65.2 cm³/mol. The number of nitrogens with two attached hydrogens (primary N) is 1. The smallest absolute Gasteiger partial charge is 0.0998 e. The van der Waals surface area contributed by atoms with E-state index in [0.717, 1.165) is 17.8 Å². The monoisotopic (exact) mass is 232 g/mol. The summed E-state index contributed by atoms with van der Waals surface area (Å²) >= 11 is 0. The van der Waals surface area contributed by atoms with Crippen molar-refractivity contribution in [2.45, 2.75) is 26.0 Å². The third kappa shape index (κ3) is 2.45. The number of hydrogen-bond donors (Lipinski definition) is 2. The van der Waals surface area contributed by atoms with E-state index >= 15 is 0 Å². The fraction of sp³-hybridized carbons (Fsp3) is 0.333. The number of rotatable bonds is 4. The van der Waals surface area contributed by atoms with E-state index in [9.17, 15) is 5.11 Å². The van der Waals surface area contributed by atoms with Crippen molar-refractivity contribution in [2.24, 2.45) is 0 Å². The van der Waals surface area contributed by atoms with Crippen molar-refractivity contribution in [3.63, 3.8) is 0 Å². The van der Waals surface area contributed by atoms with Crippen LogP contribution in [-0.4, -0.2) is 19.9 Å². The lowest BCUT2D eigenvalue weighted by Gasteiger charge is -2.13. The Labute approximate surface area is 99.9 Å². The van der Waals surface area contributed by atoms with Gasteiger partial charge in [-0.25, -0.2) is 0 Å². The molecular weight excluding hydrogens is 216 g/mol. The average molecular weight is 232 g/mol. The van der Waals surface area contributed by atoms with Crippen molar-refractivity contribution in [1.82, 2.24) is 14.8 Å². The molecule has 90 valence electrons. The molecule has 1 unspecified atom stereocenters. The molecule has 1 atom stereocenters. The Hall–Kier alpha value is -1.88. The van der Waals surface area contributed by atoms with Gasteiger partial charge < -0.3 is 10.8 Å². The fourth-order valence-corrected chi connectivity index (χ4v) is 1.81. The van der Waals surface area contributed by atoms with Crippen LogP contribution in [0.3, 0.4) is 0 Å². The number of aliphatic hydroxyl groups is 1. The molecule has 2 rings (SSSR count). The van der Waals surface area contributed by atoms with Gasteiger partial charge in [-0.15, -0.1) is 0 Å². The molecule has 2 aromatic heterocycles. The lowest BCUT2D eigenvalue weighted by atomic mass is 10.1. The van der Waals surface area contributed by atoms with Crippen molar-refractivity contribution in [3.05, 3.63) is 42.0 Å². The van der Waals surface area contributed by atoms with Gasteiger partial charge in [0.05, 0.1) is 11.8 Å². The van der Waals surface area contributed by atoms with Crippen LogP contribution in [0.4, 0.5) is 5.69 Å². The maximum absolute atomic E-state index is 10.2. The van der Waals surface area contributed by atoms with Crippen molar-refractivity contribution in [3.8, 4) is 0 Å². The highest BCUT2D eigenvalue weighted by atomic mass is 16.3. The lowest BCUT2D eigenvalue weighted by Crippen LogP contribution is -2.11. The van der Waals surface area contributed by atoms with Gasteiger partial charge in [0.15, 0.2) is 0 Å². The molecule has 5 heteroatoms. The van der Waals surface area contributed by atoms with Crippen molar-refractivity contribution in [2.75, 3.05) is 5.73 Å². The SMILES string of the molecule is CCn1nccc1C(O)Cc1cnccc1N. The number of aliphatic hydroxyl groups excluding tert-OH is 1. The summed E-state index contributed by atoms with van der Waals surface area (Å²) in [7, 11) is 0. The number of pyridine rings is 1. The molecule has 2 aromatic rings. The van der Waals surface area contributed by atoms with Crippen LogP contribution in [0.1, 0.15) is 24.3 Å². The number of aromatic nitrogens is 3. The van der Waals surface area contributed by atoms with E-state index in [1.165, 1.54) is 0 Å². The van der Waals surface area contributed by atoms with E-state index < -0.39 is 6.10 Å². The van der Waals surface area contributed by atoms with Crippen LogP contribution in [0.25, 0.3) is 0 Å². The van der Waals surface area contributed by atoms with E-state index in [1.54, 1.807) is 29.3 Å². The molecule has 0 bridgehead atoms. The molecule has 0 radical (unpaired) electrons. The summed E-state index contributed by atoms with van der Waals surface area (Å²) in [5.74, 6) is 0. The van der Waals surface area contributed by atoms with Crippen LogP contribution in [0.15, 0.2) is 30.7 Å². The maximum atomic E-state index is 10.2. The Morgan fingerprint density at radius 3 is 2.94 bits per heavy atom. The first kappa shape index (κ1) is 11.6. The first-order valence-electron chi connectivity index (χ1n) is 5.60. The van der Waals surface area contributed by atoms with Crippen LogP contribution in [0.2, 0.25) is 0 Å². The molecule has 3 N–H and O–H groups in total. The fourth-order valence-electron chi connectivity index (χ4n) is 1.81. The van der Waals surface area contributed by atoms with Gasteiger partial charge >= 0.3 is 0 Å². The van der Waals surface area contributed by atoms with Gasteiger partial charge in [-0.3, -0.25) is 9.67 Å². The van der Waals surface area contributed by atoms with E-state index in [0.29, 0.717) is 12.1 Å². The molecule has 0 aliphatic heterocycles. The Morgan fingerprint density at radius 1 is 1.41 bits per heavy atom. The van der Waals surface area contributed by atoms with E-state index in [-0.39, 0.29) is 0 Å². The van der Waals surface area contributed by atoms with Gasteiger partial charge in [0, 0.05) is 37.2 Å². The van der Waals surface area contributed by atoms with Crippen molar-refractivity contribution < 1.29 is 5.11 Å². The van der Waals surface area contributed by atoms with Crippen LogP contribution in [0, 0.1) is 0 Å². The van der Waals surface area contributed by atoms with Crippen LogP contribution >= 0.6 is 0 Å². The zero-order valence-corrected chi connectivity index (χ0v) is 9.74. The minimum Gasteiger partial charge on any atom is -0.398 e. The van der Waals surface area contributed by atoms with Gasteiger partial charge in [0.1, 0.15) is 0 Å². The van der Waals surface area contributed by atoms with E-state index in [4.69, 9.17) is 5.73 Å². The Kier molecular flexibility index (Phi) is 3.39. The molecule has 0 aliphatic rings. The van der Waals surface area contributed by atoms with Crippen molar-refractivity contribution >= 4 is 5.69 Å². The zero-order chi connectivity index (χ0) is 12.3. The van der Waals surface area contributed by atoms with Gasteiger partial charge in [-0.2, -0.15) is 5.10 Å². The molecular formula is C12H16N4O. The van der Waals surface area contributed by atoms with Gasteiger partial charge in [-0.05, 0) is 24.6 Å². The molecule has 0 saturated heterocycles. The molecule has 2 heterocycles. The number of anilines is 1. The summed E-state index contributed by atoms with van der Waals surface area (Å²) in [6, 6.07) is 3.56. The highest BCUT2D eigenvalue weighted by Gasteiger charge is 2.14. The normalized spacial score (nSPS) is 12.6. The second-order valence-electron chi connectivity index (χ2n) is 3.87. The van der Waals surface area contributed by atoms with Gasteiger partial charge in [-0.1, -0.05) is 0 Å². The second kappa shape index (κ2) is 4.97. The highest BCUT2D eigenvalue weighted by Crippen LogP contribution is 2.20. The minimum atomic E-state index is -0.607. The van der Waals surface area contributed by atoms with E-state index in [2.05, 4.69) is 10.1 Å². The number of aryl methyl sites for hydroxylation is 1. The summed E-state index contributed by atoms with van der Waals surface area (Å²) < 4.78 is 1.78. The Bertz CT molecular complexity index is 495. The first-order valence-corrected chi connectivity index (χ1v) is 5.60. The summed E-state index contributed by atoms with van der Waals surface area (Å²) in [6.45, 7) is 2.73. The lowest BCUT2D eigenvalue weighted by molar-refractivity contribution is 0.167. The number of nitrogens with zero attached hydrogens (tertiary/aromatic N) is 3. The second-order valence-corrected chi connectivity index (χ2v) is 3.87. The quantitative estimate of drug-likeness (QED) is 0.829. The third-order valence-electron chi connectivity index (χ3n) is 2.74. The van der Waals surface area contributed by atoms with Crippen molar-refractivity contribution in [1.29, 1.82) is 0 Å². The standard InChI is InChI=1S/C12H16N4O/c1-2-16-11(4-6-15-16)12(17)7-9-8-14-5-3-10(9)13/h3-6,8,12,17H,2,7H2,1H3,(H2,13,14). The molecule has 0 spiro atoms. The highest BCUT2D eigenvalue weighted by molar-refractivity contribution is 5.44. The summed E-state index contributed by atoms with van der Waals surface area (Å²) in [4.78, 5) is 4.01. The molecule has 0 fully saturated rings. The topological polar surface area (TPSA) is 77.0 Å². The largest absolute Gasteiger partial charge is 0.398 e. The minimum absolute atomic E-state index is 0.450. The van der Waals surface area contributed by atoms with Crippen LogP contribution in [0.5, 0.6) is 0 Å². The van der Waals surface area contributed by atoms with E-state index in [1.807, 2.05) is 13.0 Å². The summed E-state index contributed by atoms with van der Waals surface area (Å²) in [5, 5.41) is 14.3. The zero-order valence-electron chi connectivity index (χ0n) is 9.74. The summed E-state index contributed by atoms with van der Waals surface area (Å²) in [6.07, 6.45) is 4.86. The van der Waals surface area contributed by atoms with Crippen LogP contribution in [-0.2, 0) is 13.0 Å². The van der Waals surface area contributed by atoms with Gasteiger partial charge in [0.25, 0.3) is 0 Å².